The first-order valence-corrected chi connectivity index (χ1v) is 10.0. The van der Waals surface area contributed by atoms with Crippen LogP contribution in [0.3, 0.4) is 0 Å². The Morgan fingerprint density at radius 3 is 2.23 bits per heavy atom. The summed E-state index contributed by atoms with van der Waals surface area (Å²) in [6.07, 6.45) is -0.764. The molecule has 1 aliphatic carbocycles. The van der Waals surface area contributed by atoms with Crippen molar-refractivity contribution >= 4 is 12.1 Å². The van der Waals surface area contributed by atoms with Crippen molar-refractivity contribution < 1.29 is 23.8 Å². The Bertz CT molecular complexity index is 1100. The number of carbonyl (C=O) groups is 2. The first-order valence-electron chi connectivity index (χ1n) is 10.0. The van der Waals surface area contributed by atoms with E-state index >= 15 is 0 Å². The molecule has 0 aliphatic heterocycles. The third-order valence-electron chi connectivity index (χ3n) is 5.66. The average Bonchev–Trinajstić information content (AvgIpc) is 3.07. The lowest BCUT2D eigenvalue weighted by Crippen LogP contribution is -2.43. The molecule has 0 spiro atoms. The number of hydrogen-bond acceptors (Lipinski definition) is 3. The fourth-order valence-corrected chi connectivity index (χ4v) is 4.09. The Balaban J connectivity index is 1.44. The fraction of sp³-hybridized carbons (Fsp3) is 0.200. The maximum atomic E-state index is 13.3. The van der Waals surface area contributed by atoms with Gasteiger partial charge in [0.15, 0.2) is 0 Å². The number of ether oxygens (including phenoxy) is 1. The number of fused-ring (bicyclic) bond motifs is 3. The fourth-order valence-electron chi connectivity index (χ4n) is 4.09. The minimum Gasteiger partial charge on any atom is -0.480 e. The molecule has 31 heavy (non-hydrogen) atoms. The van der Waals surface area contributed by atoms with E-state index < -0.39 is 23.9 Å². The molecule has 0 saturated heterocycles. The van der Waals surface area contributed by atoms with Crippen LogP contribution in [0.5, 0.6) is 0 Å². The van der Waals surface area contributed by atoms with E-state index in [1.54, 1.807) is 6.92 Å². The molecule has 2 N–H and O–H groups in total. The van der Waals surface area contributed by atoms with E-state index in [4.69, 9.17) is 4.74 Å². The van der Waals surface area contributed by atoms with Crippen molar-refractivity contribution in [3.63, 3.8) is 0 Å². The number of carboxylic acids is 1. The van der Waals surface area contributed by atoms with E-state index in [1.807, 2.05) is 48.5 Å². The monoisotopic (exact) mass is 419 g/mol. The lowest BCUT2D eigenvalue weighted by molar-refractivity contribution is -0.139. The summed E-state index contributed by atoms with van der Waals surface area (Å²) in [7, 11) is 0. The van der Waals surface area contributed by atoms with Gasteiger partial charge in [-0.2, -0.15) is 0 Å². The number of hydrogen-bond donors (Lipinski definition) is 2. The Kier molecular flexibility index (Phi) is 5.71. The molecule has 0 heterocycles. The molecular weight excluding hydrogens is 397 g/mol. The number of halogens is 1. The molecule has 0 unspecified atom stereocenters. The van der Waals surface area contributed by atoms with Crippen LogP contribution in [0, 0.1) is 12.7 Å². The molecular formula is C25H22FNO4. The largest absolute Gasteiger partial charge is 0.480 e. The number of aliphatic carboxylic acids is 1. The van der Waals surface area contributed by atoms with Crippen molar-refractivity contribution in [1.29, 1.82) is 0 Å². The predicted octanol–water partition coefficient (Wildman–Crippen LogP) is 4.67. The Hall–Kier alpha value is -3.67. The van der Waals surface area contributed by atoms with Gasteiger partial charge in [-0.25, -0.2) is 14.0 Å². The van der Waals surface area contributed by atoms with E-state index in [0.717, 1.165) is 22.3 Å². The van der Waals surface area contributed by atoms with Crippen molar-refractivity contribution in [2.24, 2.45) is 0 Å². The topological polar surface area (TPSA) is 75.6 Å². The van der Waals surface area contributed by atoms with Crippen LogP contribution in [0.25, 0.3) is 11.1 Å². The molecule has 1 aliphatic rings. The summed E-state index contributed by atoms with van der Waals surface area (Å²) in [5, 5.41) is 11.9. The average molecular weight is 419 g/mol. The molecule has 5 nitrogen and oxygen atoms in total. The van der Waals surface area contributed by atoms with Gasteiger partial charge < -0.3 is 15.2 Å². The molecule has 4 rings (SSSR count). The van der Waals surface area contributed by atoms with Gasteiger partial charge in [-0.1, -0.05) is 54.6 Å². The third-order valence-corrected chi connectivity index (χ3v) is 5.66. The standard InChI is InChI=1S/C25H22FNO4/c1-15-12-17(26)11-10-16(15)13-23(24(28)29)27-25(30)31-14-22-20-8-4-2-6-18(20)19-7-3-5-9-21(19)22/h2-12,22-23H,13-14H2,1H3,(H,27,30)(H,28,29)/t23-/m1/s1. The molecule has 6 heteroatoms. The quantitative estimate of drug-likeness (QED) is 0.609. The predicted molar refractivity (Wildman–Crippen MR) is 114 cm³/mol. The summed E-state index contributed by atoms with van der Waals surface area (Å²) < 4.78 is 18.7. The highest BCUT2D eigenvalue weighted by molar-refractivity contribution is 5.81. The molecule has 1 atom stereocenters. The molecule has 1 amide bonds. The summed E-state index contributed by atoms with van der Waals surface area (Å²) in [4.78, 5) is 24.1. The van der Waals surface area contributed by atoms with Gasteiger partial charge in [-0.15, -0.1) is 0 Å². The minimum atomic E-state index is -1.18. The summed E-state index contributed by atoms with van der Waals surface area (Å²) in [6.45, 7) is 1.80. The van der Waals surface area contributed by atoms with Crippen molar-refractivity contribution in [2.75, 3.05) is 6.61 Å². The van der Waals surface area contributed by atoms with E-state index in [0.29, 0.717) is 11.1 Å². The lowest BCUT2D eigenvalue weighted by Gasteiger charge is -2.18. The molecule has 0 fully saturated rings. The van der Waals surface area contributed by atoms with Crippen LogP contribution in [-0.2, 0) is 16.0 Å². The summed E-state index contributed by atoms with van der Waals surface area (Å²) in [5.41, 5.74) is 5.65. The maximum Gasteiger partial charge on any atom is 0.407 e. The SMILES string of the molecule is Cc1cc(F)ccc1C[C@@H](NC(=O)OCC1c2ccccc2-c2ccccc21)C(=O)O. The van der Waals surface area contributed by atoms with Crippen molar-refractivity contribution in [3.8, 4) is 11.1 Å². The van der Waals surface area contributed by atoms with Gasteiger partial charge in [0.25, 0.3) is 0 Å². The number of benzene rings is 3. The van der Waals surface area contributed by atoms with Crippen LogP contribution < -0.4 is 5.32 Å². The van der Waals surface area contributed by atoms with Crippen molar-refractivity contribution in [1.82, 2.24) is 5.32 Å². The highest BCUT2D eigenvalue weighted by Gasteiger charge is 2.29. The molecule has 3 aromatic rings. The second kappa shape index (κ2) is 8.60. The number of nitrogens with one attached hydrogen (secondary N) is 1. The zero-order valence-electron chi connectivity index (χ0n) is 17.0. The van der Waals surface area contributed by atoms with Crippen molar-refractivity contribution in [2.45, 2.75) is 25.3 Å². The number of alkyl carbamates (subject to hydrolysis) is 1. The van der Waals surface area contributed by atoms with Gasteiger partial charge in [0, 0.05) is 12.3 Å². The van der Waals surface area contributed by atoms with Gasteiger partial charge in [0.1, 0.15) is 18.5 Å². The zero-order valence-corrected chi connectivity index (χ0v) is 17.0. The summed E-state index contributed by atoms with van der Waals surface area (Å²) >= 11 is 0. The van der Waals surface area contributed by atoms with Crippen LogP contribution in [0.2, 0.25) is 0 Å². The molecule has 0 aromatic heterocycles. The van der Waals surface area contributed by atoms with E-state index in [1.165, 1.54) is 18.2 Å². The number of carboxylic acid groups (broad SMARTS) is 1. The number of carbonyl (C=O) groups excluding carboxylic acids is 1. The van der Waals surface area contributed by atoms with Gasteiger partial charge in [-0.05, 0) is 52.4 Å². The van der Waals surface area contributed by atoms with Crippen LogP contribution >= 0.6 is 0 Å². The third kappa shape index (κ3) is 4.28. The molecule has 0 bridgehead atoms. The van der Waals surface area contributed by atoms with E-state index in [-0.39, 0.29) is 18.9 Å². The molecule has 3 aromatic carbocycles. The smallest absolute Gasteiger partial charge is 0.407 e. The minimum absolute atomic E-state index is 0.0334. The van der Waals surface area contributed by atoms with Crippen LogP contribution in [0.15, 0.2) is 66.7 Å². The Labute approximate surface area is 179 Å². The zero-order chi connectivity index (χ0) is 22.0. The highest BCUT2D eigenvalue weighted by Crippen LogP contribution is 2.44. The maximum absolute atomic E-state index is 13.3. The normalized spacial score (nSPS) is 13.2. The summed E-state index contributed by atoms with van der Waals surface area (Å²) in [6, 6.07) is 18.9. The molecule has 0 radical (unpaired) electrons. The Morgan fingerprint density at radius 2 is 1.65 bits per heavy atom. The number of rotatable bonds is 6. The molecule has 0 saturated carbocycles. The first-order chi connectivity index (χ1) is 14.9. The van der Waals surface area contributed by atoms with Crippen LogP contribution in [0.1, 0.15) is 28.2 Å². The highest BCUT2D eigenvalue weighted by atomic mass is 19.1. The number of aryl methyl sites for hydroxylation is 1. The van der Waals surface area contributed by atoms with Gasteiger partial charge in [0.2, 0.25) is 0 Å². The Morgan fingerprint density at radius 1 is 1.03 bits per heavy atom. The lowest BCUT2D eigenvalue weighted by atomic mass is 9.98. The first kappa shape index (κ1) is 20.6. The van der Waals surface area contributed by atoms with Crippen LogP contribution in [-0.4, -0.2) is 29.8 Å². The summed E-state index contributed by atoms with van der Waals surface area (Å²) in [5.74, 6) is -1.68. The van der Waals surface area contributed by atoms with Gasteiger partial charge in [0.05, 0.1) is 0 Å². The second-order valence-electron chi connectivity index (χ2n) is 7.64. The van der Waals surface area contributed by atoms with E-state index in [2.05, 4.69) is 5.32 Å². The van der Waals surface area contributed by atoms with Gasteiger partial charge >= 0.3 is 12.1 Å². The van der Waals surface area contributed by atoms with E-state index in [9.17, 15) is 19.1 Å². The van der Waals surface area contributed by atoms with Gasteiger partial charge in [-0.3, -0.25) is 0 Å². The second-order valence-corrected chi connectivity index (χ2v) is 7.64. The van der Waals surface area contributed by atoms with Crippen LogP contribution in [0.4, 0.5) is 9.18 Å². The van der Waals surface area contributed by atoms with Crippen molar-refractivity contribution in [3.05, 3.63) is 94.8 Å². The molecule has 158 valence electrons. The number of amides is 1.